The quantitative estimate of drug-likeness (QED) is 0.257. The van der Waals surface area contributed by atoms with Crippen LogP contribution in [0, 0.1) is 6.92 Å². The summed E-state index contributed by atoms with van der Waals surface area (Å²) in [7, 11) is 0. The van der Waals surface area contributed by atoms with Gasteiger partial charge in [-0.25, -0.2) is 0 Å². The molecule has 0 aliphatic heterocycles. The summed E-state index contributed by atoms with van der Waals surface area (Å²) in [6, 6.07) is 30.1. The number of carbonyl (C=O) groups is 1. The van der Waals surface area contributed by atoms with E-state index in [1.807, 2.05) is 66.7 Å². The van der Waals surface area contributed by atoms with Crippen molar-refractivity contribution < 1.29 is 4.79 Å². The molecule has 37 heavy (non-hydrogen) atoms. The monoisotopic (exact) mass is 505 g/mol. The second-order valence-electron chi connectivity index (χ2n) is 8.71. The first kappa shape index (κ1) is 24.5. The summed E-state index contributed by atoms with van der Waals surface area (Å²) in [4.78, 5) is 16.5. The molecule has 2 heterocycles. The van der Waals surface area contributed by atoms with E-state index in [1.54, 1.807) is 24.2 Å². The van der Waals surface area contributed by atoms with E-state index in [0.717, 1.165) is 27.8 Å². The fraction of sp³-hybridized carbons (Fsp3) is 0.133. The van der Waals surface area contributed by atoms with Gasteiger partial charge in [0.15, 0.2) is 5.16 Å². The number of benzene rings is 3. The van der Waals surface area contributed by atoms with Crippen molar-refractivity contribution in [1.82, 2.24) is 25.1 Å². The second kappa shape index (κ2) is 11.7. The normalized spacial score (nSPS) is 10.8. The number of hydrogen-bond acceptors (Lipinski definition) is 5. The molecule has 0 saturated carbocycles. The molecule has 0 unspecified atom stereocenters. The molecule has 1 amide bonds. The highest BCUT2D eigenvalue weighted by atomic mass is 32.2. The minimum absolute atomic E-state index is 0.0964. The number of aromatic nitrogens is 4. The Bertz CT molecular complexity index is 1470. The van der Waals surface area contributed by atoms with Gasteiger partial charge in [0.2, 0.25) is 0 Å². The number of carbonyl (C=O) groups excluding carboxylic acids is 1. The van der Waals surface area contributed by atoms with Gasteiger partial charge >= 0.3 is 0 Å². The Morgan fingerprint density at radius 1 is 0.811 bits per heavy atom. The Hall–Kier alpha value is -4.23. The maximum absolute atomic E-state index is 12.5. The van der Waals surface area contributed by atoms with E-state index >= 15 is 0 Å². The summed E-state index contributed by atoms with van der Waals surface area (Å²) >= 11 is 1.64. The van der Waals surface area contributed by atoms with Crippen LogP contribution >= 0.6 is 11.8 Å². The first-order valence-electron chi connectivity index (χ1n) is 12.1. The topological polar surface area (TPSA) is 72.7 Å². The maximum atomic E-state index is 12.5. The molecule has 1 N–H and O–H groups in total. The summed E-state index contributed by atoms with van der Waals surface area (Å²) in [5, 5.41) is 12.9. The van der Waals surface area contributed by atoms with Crippen LogP contribution in [0.4, 0.5) is 0 Å². The Morgan fingerprint density at radius 2 is 1.54 bits per heavy atom. The molecule has 0 bridgehead atoms. The van der Waals surface area contributed by atoms with E-state index in [9.17, 15) is 4.79 Å². The molecular weight excluding hydrogens is 478 g/mol. The molecule has 0 aliphatic carbocycles. The van der Waals surface area contributed by atoms with Gasteiger partial charge in [-0.3, -0.25) is 14.3 Å². The van der Waals surface area contributed by atoms with Gasteiger partial charge in [-0.1, -0.05) is 72.4 Å². The third-order valence-electron chi connectivity index (χ3n) is 6.05. The van der Waals surface area contributed by atoms with Gasteiger partial charge in [0.1, 0.15) is 5.82 Å². The first-order valence-corrected chi connectivity index (χ1v) is 13.1. The van der Waals surface area contributed by atoms with Crippen molar-refractivity contribution in [2.24, 2.45) is 0 Å². The molecule has 5 aromatic rings. The van der Waals surface area contributed by atoms with Crippen molar-refractivity contribution >= 4 is 17.7 Å². The van der Waals surface area contributed by atoms with Crippen LogP contribution in [0.15, 0.2) is 109 Å². The molecule has 0 saturated heterocycles. The van der Waals surface area contributed by atoms with Gasteiger partial charge in [-0.2, -0.15) is 0 Å². The molecule has 6 nitrogen and oxygen atoms in total. The highest BCUT2D eigenvalue weighted by molar-refractivity contribution is 7.98. The fourth-order valence-electron chi connectivity index (χ4n) is 4.03. The van der Waals surface area contributed by atoms with E-state index < -0.39 is 0 Å². The van der Waals surface area contributed by atoms with Crippen LogP contribution < -0.4 is 5.32 Å². The zero-order valence-electron chi connectivity index (χ0n) is 20.5. The Morgan fingerprint density at radius 3 is 2.30 bits per heavy atom. The van der Waals surface area contributed by atoms with Gasteiger partial charge in [0.05, 0.1) is 5.69 Å². The zero-order valence-corrected chi connectivity index (χ0v) is 21.4. The molecule has 3 aromatic carbocycles. The summed E-state index contributed by atoms with van der Waals surface area (Å²) in [5.41, 5.74) is 6.21. The largest absolute Gasteiger partial charge is 0.348 e. The number of hydrogen-bond donors (Lipinski definition) is 1. The SMILES string of the molecule is Cc1ccccc1-n1c(Cc2ccccc2)nnc1SCc1ccc(C(=O)NCc2ccncc2)cc1. The van der Waals surface area contributed by atoms with Crippen molar-refractivity contribution in [3.63, 3.8) is 0 Å². The molecule has 5 rings (SSSR count). The predicted molar refractivity (Wildman–Crippen MR) is 147 cm³/mol. The summed E-state index contributed by atoms with van der Waals surface area (Å²) in [6.45, 7) is 2.58. The average Bonchev–Trinajstić information content (AvgIpc) is 3.34. The lowest BCUT2D eigenvalue weighted by Crippen LogP contribution is -2.22. The van der Waals surface area contributed by atoms with Gasteiger partial charge in [-0.15, -0.1) is 10.2 Å². The van der Waals surface area contributed by atoms with Gasteiger partial charge < -0.3 is 5.32 Å². The molecule has 0 radical (unpaired) electrons. The summed E-state index contributed by atoms with van der Waals surface area (Å²) < 4.78 is 2.16. The van der Waals surface area contributed by atoms with Gasteiger partial charge in [0.25, 0.3) is 5.91 Å². The first-order chi connectivity index (χ1) is 18.2. The molecule has 7 heteroatoms. The molecule has 0 spiro atoms. The van der Waals surface area contributed by atoms with Crippen molar-refractivity contribution in [3.8, 4) is 5.69 Å². The summed E-state index contributed by atoms with van der Waals surface area (Å²) in [5.74, 6) is 1.53. The van der Waals surface area contributed by atoms with Crippen molar-refractivity contribution in [2.45, 2.75) is 30.8 Å². The Balaban J connectivity index is 1.29. The number of nitrogens with one attached hydrogen (secondary N) is 1. The van der Waals surface area contributed by atoms with Gasteiger partial charge in [0, 0.05) is 36.7 Å². The molecule has 2 aromatic heterocycles. The lowest BCUT2D eigenvalue weighted by atomic mass is 10.1. The molecular formula is C30H27N5OS. The predicted octanol–water partition coefficient (Wildman–Crippen LogP) is 5.78. The molecule has 0 fully saturated rings. The van der Waals surface area contributed by atoms with Gasteiger partial charge in [-0.05, 0) is 59.5 Å². The van der Waals surface area contributed by atoms with Crippen molar-refractivity contribution in [1.29, 1.82) is 0 Å². The Kier molecular flexibility index (Phi) is 7.72. The second-order valence-corrected chi connectivity index (χ2v) is 9.65. The number of pyridine rings is 1. The van der Waals surface area contributed by atoms with E-state index in [1.165, 1.54) is 11.1 Å². The van der Waals surface area contributed by atoms with E-state index in [4.69, 9.17) is 0 Å². The van der Waals surface area contributed by atoms with E-state index in [2.05, 4.69) is 56.3 Å². The third kappa shape index (κ3) is 6.13. The lowest BCUT2D eigenvalue weighted by molar-refractivity contribution is 0.0951. The van der Waals surface area contributed by atoms with Crippen LogP contribution in [0.3, 0.4) is 0 Å². The lowest BCUT2D eigenvalue weighted by Gasteiger charge is -2.13. The van der Waals surface area contributed by atoms with Crippen molar-refractivity contribution in [3.05, 3.63) is 137 Å². The van der Waals surface area contributed by atoms with Crippen LogP contribution in [-0.2, 0) is 18.7 Å². The van der Waals surface area contributed by atoms with Crippen molar-refractivity contribution in [2.75, 3.05) is 0 Å². The molecule has 184 valence electrons. The fourth-order valence-corrected chi connectivity index (χ4v) is 4.95. The summed E-state index contributed by atoms with van der Waals surface area (Å²) in [6.07, 6.45) is 4.14. The van der Waals surface area contributed by atoms with E-state index in [0.29, 0.717) is 24.3 Å². The zero-order chi connectivity index (χ0) is 25.5. The molecule has 0 aliphatic rings. The third-order valence-corrected chi connectivity index (χ3v) is 7.05. The number of aryl methyl sites for hydroxylation is 1. The Labute approximate surface area is 220 Å². The van der Waals surface area contributed by atoms with Crippen LogP contribution in [0.25, 0.3) is 5.69 Å². The number of para-hydroxylation sites is 1. The standard InChI is InChI=1S/C30H27N5OS/c1-22-7-5-6-10-27(22)35-28(19-23-8-3-2-4-9-23)33-34-30(35)37-21-25-11-13-26(14-12-25)29(36)32-20-24-15-17-31-18-16-24/h2-18H,19-21H2,1H3,(H,32,36). The minimum Gasteiger partial charge on any atom is -0.348 e. The number of amides is 1. The van der Waals surface area contributed by atoms with Crippen LogP contribution in [0.2, 0.25) is 0 Å². The smallest absolute Gasteiger partial charge is 0.251 e. The number of rotatable bonds is 9. The number of thioether (sulfide) groups is 1. The van der Waals surface area contributed by atoms with E-state index in [-0.39, 0.29) is 5.91 Å². The molecule has 0 atom stereocenters. The highest BCUT2D eigenvalue weighted by Gasteiger charge is 2.16. The van der Waals surface area contributed by atoms with Crippen LogP contribution in [0.1, 0.15) is 38.4 Å². The average molecular weight is 506 g/mol. The number of nitrogens with zero attached hydrogens (tertiary/aromatic N) is 4. The highest BCUT2D eigenvalue weighted by Crippen LogP contribution is 2.28. The maximum Gasteiger partial charge on any atom is 0.251 e. The minimum atomic E-state index is -0.0964. The van der Waals surface area contributed by atoms with Crippen LogP contribution in [0.5, 0.6) is 0 Å². The van der Waals surface area contributed by atoms with Crippen LogP contribution in [-0.4, -0.2) is 25.7 Å².